The summed E-state index contributed by atoms with van der Waals surface area (Å²) in [4.78, 5) is 14.1. The first kappa shape index (κ1) is 12.1. The Bertz CT molecular complexity index is 253. The van der Waals surface area contributed by atoms with Crippen molar-refractivity contribution >= 4 is 17.9 Å². The summed E-state index contributed by atoms with van der Waals surface area (Å²) in [6.45, 7) is 5.79. The van der Waals surface area contributed by atoms with Gasteiger partial charge >= 0.3 is 6.09 Å². The number of amides is 1. The topological polar surface area (TPSA) is 29.5 Å². The zero-order chi connectivity index (χ0) is 11.8. The molecule has 2 aliphatic heterocycles. The number of carbonyl (C=O) groups excluding carboxylic acids is 1. The van der Waals surface area contributed by atoms with E-state index in [2.05, 4.69) is 0 Å². The minimum absolute atomic E-state index is 0.109. The Morgan fingerprint density at radius 3 is 2.31 bits per heavy atom. The number of thioether (sulfide) groups is 1. The fourth-order valence-corrected chi connectivity index (χ4v) is 3.78. The second-order valence-corrected chi connectivity index (χ2v) is 6.74. The molecule has 2 rings (SSSR count). The average molecular weight is 243 g/mol. The number of rotatable bonds is 0. The predicted molar refractivity (Wildman–Crippen MR) is 66.8 cm³/mol. The normalized spacial score (nSPS) is 30.1. The molecule has 0 saturated carbocycles. The molecule has 1 amide bonds. The second kappa shape index (κ2) is 4.47. The first-order valence-corrected chi connectivity index (χ1v) is 7.22. The molecule has 3 nitrogen and oxygen atoms in total. The van der Waals surface area contributed by atoms with Crippen molar-refractivity contribution < 1.29 is 9.53 Å². The third-order valence-corrected chi connectivity index (χ3v) is 4.33. The van der Waals surface area contributed by atoms with Gasteiger partial charge < -0.3 is 9.64 Å². The van der Waals surface area contributed by atoms with Crippen LogP contribution in [0, 0.1) is 0 Å². The van der Waals surface area contributed by atoms with Gasteiger partial charge in [-0.1, -0.05) is 0 Å². The Hall–Kier alpha value is -0.380. The SMILES string of the molecule is CC(C)(C)OC(=O)N1C2CCCC1CSC2. The van der Waals surface area contributed by atoms with Gasteiger partial charge in [-0.05, 0) is 40.0 Å². The highest BCUT2D eigenvalue weighted by atomic mass is 32.2. The highest BCUT2D eigenvalue weighted by Crippen LogP contribution is 2.33. The van der Waals surface area contributed by atoms with Crippen molar-refractivity contribution in [2.45, 2.75) is 57.7 Å². The van der Waals surface area contributed by atoms with Crippen molar-refractivity contribution in [2.24, 2.45) is 0 Å². The maximum Gasteiger partial charge on any atom is 0.410 e. The lowest BCUT2D eigenvalue weighted by molar-refractivity contribution is -0.000236. The molecule has 0 aromatic carbocycles. The van der Waals surface area contributed by atoms with E-state index in [1.165, 1.54) is 6.42 Å². The van der Waals surface area contributed by atoms with Crippen LogP contribution in [0.25, 0.3) is 0 Å². The molecule has 2 bridgehead atoms. The molecule has 2 atom stereocenters. The molecule has 0 aromatic rings. The fraction of sp³-hybridized carbons (Fsp3) is 0.917. The Labute approximate surface area is 102 Å². The van der Waals surface area contributed by atoms with Gasteiger partial charge in [0.15, 0.2) is 0 Å². The average Bonchev–Trinajstić information content (AvgIpc) is 2.13. The first-order valence-electron chi connectivity index (χ1n) is 6.06. The largest absolute Gasteiger partial charge is 0.444 e. The minimum Gasteiger partial charge on any atom is -0.444 e. The summed E-state index contributed by atoms with van der Waals surface area (Å²) in [5.74, 6) is 2.16. The molecule has 2 saturated heterocycles. The van der Waals surface area contributed by atoms with Crippen molar-refractivity contribution in [1.82, 2.24) is 4.90 Å². The van der Waals surface area contributed by atoms with Gasteiger partial charge in [-0.3, -0.25) is 0 Å². The molecular formula is C12H21NO2S. The van der Waals surface area contributed by atoms with Gasteiger partial charge in [0.25, 0.3) is 0 Å². The van der Waals surface area contributed by atoms with Crippen LogP contribution >= 0.6 is 11.8 Å². The van der Waals surface area contributed by atoms with Crippen LogP contribution in [-0.2, 0) is 4.74 Å². The van der Waals surface area contributed by atoms with Gasteiger partial charge in [-0.2, -0.15) is 11.8 Å². The van der Waals surface area contributed by atoms with Crippen LogP contribution < -0.4 is 0 Å². The number of hydrogen-bond donors (Lipinski definition) is 0. The summed E-state index contributed by atoms with van der Waals surface area (Å²) in [6.07, 6.45) is 3.43. The Morgan fingerprint density at radius 2 is 1.81 bits per heavy atom. The van der Waals surface area contributed by atoms with E-state index < -0.39 is 0 Å². The third-order valence-electron chi connectivity index (χ3n) is 3.09. The van der Waals surface area contributed by atoms with E-state index in [1.807, 2.05) is 37.4 Å². The van der Waals surface area contributed by atoms with Crippen LogP contribution in [0.2, 0.25) is 0 Å². The van der Waals surface area contributed by atoms with E-state index >= 15 is 0 Å². The summed E-state index contributed by atoms with van der Waals surface area (Å²) >= 11 is 1.98. The lowest BCUT2D eigenvalue weighted by Gasteiger charge is -2.45. The Kier molecular flexibility index (Phi) is 3.38. The standard InChI is InChI=1S/C12H21NO2S/c1-12(2,3)15-11(14)13-9-5-4-6-10(13)8-16-7-9/h9-10H,4-8H2,1-3H3. The summed E-state index contributed by atoms with van der Waals surface area (Å²) in [5.41, 5.74) is -0.379. The highest BCUT2D eigenvalue weighted by Gasteiger charge is 2.39. The molecule has 0 N–H and O–H groups in total. The van der Waals surface area contributed by atoms with E-state index in [-0.39, 0.29) is 11.7 Å². The van der Waals surface area contributed by atoms with Crippen molar-refractivity contribution in [3.8, 4) is 0 Å². The molecule has 2 fully saturated rings. The zero-order valence-corrected chi connectivity index (χ0v) is 11.2. The molecule has 0 spiro atoms. The van der Waals surface area contributed by atoms with Crippen molar-refractivity contribution in [1.29, 1.82) is 0 Å². The summed E-state index contributed by atoms with van der Waals surface area (Å²) in [7, 11) is 0. The number of hydrogen-bond acceptors (Lipinski definition) is 3. The van der Waals surface area contributed by atoms with Gasteiger partial charge in [-0.25, -0.2) is 4.79 Å². The van der Waals surface area contributed by atoms with Gasteiger partial charge in [0.05, 0.1) is 0 Å². The van der Waals surface area contributed by atoms with E-state index in [9.17, 15) is 4.79 Å². The molecule has 4 heteroatoms. The van der Waals surface area contributed by atoms with Crippen LogP contribution in [0.1, 0.15) is 40.0 Å². The van der Waals surface area contributed by atoms with Crippen LogP contribution in [-0.4, -0.2) is 40.2 Å². The maximum absolute atomic E-state index is 12.1. The molecule has 92 valence electrons. The number of piperidine rings is 1. The predicted octanol–water partition coefficient (Wildman–Crippen LogP) is 2.89. The van der Waals surface area contributed by atoms with Gasteiger partial charge in [0.1, 0.15) is 5.60 Å². The summed E-state index contributed by atoms with van der Waals surface area (Å²) in [5, 5.41) is 0. The quantitative estimate of drug-likeness (QED) is 0.655. The Morgan fingerprint density at radius 1 is 1.25 bits per heavy atom. The molecule has 2 unspecified atom stereocenters. The van der Waals surface area contributed by atoms with E-state index in [1.54, 1.807) is 0 Å². The van der Waals surface area contributed by atoms with E-state index in [4.69, 9.17) is 4.74 Å². The number of nitrogens with zero attached hydrogens (tertiary/aromatic N) is 1. The van der Waals surface area contributed by atoms with Gasteiger partial charge in [0, 0.05) is 23.6 Å². The number of carbonyl (C=O) groups is 1. The fourth-order valence-electron chi connectivity index (χ4n) is 2.45. The number of fused-ring (bicyclic) bond motifs is 2. The first-order chi connectivity index (χ1) is 7.47. The van der Waals surface area contributed by atoms with Crippen molar-refractivity contribution in [3.63, 3.8) is 0 Å². The molecule has 0 radical (unpaired) electrons. The highest BCUT2D eigenvalue weighted by molar-refractivity contribution is 7.99. The smallest absolute Gasteiger partial charge is 0.410 e. The zero-order valence-electron chi connectivity index (χ0n) is 10.4. The molecule has 2 aliphatic rings. The van der Waals surface area contributed by atoms with E-state index in [0.29, 0.717) is 12.1 Å². The molecule has 0 aromatic heterocycles. The third kappa shape index (κ3) is 2.65. The molecule has 2 heterocycles. The van der Waals surface area contributed by atoms with Crippen LogP contribution in [0.3, 0.4) is 0 Å². The molecule has 16 heavy (non-hydrogen) atoms. The van der Waals surface area contributed by atoms with Crippen LogP contribution in [0.5, 0.6) is 0 Å². The van der Waals surface area contributed by atoms with Gasteiger partial charge in [0.2, 0.25) is 0 Å². The monoisotopic (exact) mass is 243 g/mol. The molecule has 0 aliphatic carbocycles. The lowest BCUT2D eigenvalue weighted by Crippen LogP contribution is -2.56. The van der Waals surface area contributed by atoms with Crippen LogP contribution in [0.4, 0.5) is 4.79 Å². The minimum atomic E-state index is -0.379. The van der Waals surface area contributed by atoms with Crippen molar-refractivity contribution in [3.05, 3.63) is 0 Å². The summed E-state index contributed by atoms with van der Waals surface area (Å²) < 4.78 is 5.49. The van der Waals surface area contributed by atoms with Crippen molar-refractivity contribution in [2.75, 3.05) is 11.5 Å². The molecular weight excluding hydrogens is 222 g/mol. The van der Waals surface area contributed by atoms with Gasteiger partial charge in [-0.15, -0.1) is 0 Å². The number of ether oxygens (including phenoxy) is 1. The Balaban J connectivity index is 2.04. The summed E-state index contributed by atoms with van der Waals surface area (Å²) in [6, 6.07) is 0.819. The van der Waals surface area contributed by atoms with Crippen LogP contribution in [0.15, 0.2) is 0 Å². The lowest BCUT2D eigenvalue weighted by atomic mass is 9.97. The maximum atomic E-state index is 12.1. The van der Waals surface area contributed by atoms with E-state index in [0.717, 1.165) is 24.3 Å². The second-order valence-electron chi connectivity index (χ2n) is 5.66.